The second kappa shape index (κ2) is 9.66. The monoisotopic (exact) mass is 404 g/mol. The molecule has 1 aliphatic rings. The van der Waals surface area contributed by atoms with Crippen LogP contribution in [0.5, 0.6) is 0 Å². The summed E-state index contributed by atoms with van der Waals surface area (Å²) >= 11 is 3.35. The van der Waals surface area contributed by atoms with Gasteiger partial charge in [-0.15, -0.1) is 0 Å². The Hall–Kier alpha value is -2.19. The standard InChI is InChI=1S/C19H20N2O4S2/c1-13(16-7-4-9-24-16)21-17(22)11-25-18(23)15-6-3-2-5-14(15)12-27-19-20-8-10-26-19/h2-7,9,13H,8,10-12H2,1H3,(H,21,22)/t13-/m0/s1. The molecule has 8 heteroatoms. The van der Waals surface area contributed by atoms with Crippen LogP contribution in [-0.4, -0.2) is 35.2 Å². The maximum atomic E-state index is 12.4. The number of nitrogens with one attached hydrogen (secondary N) is 1. The van der Waals surface area contributed by atoms with Crippen molar-refractivity contribution in [1.82, 2.24) is 5.32 Å². The van der Waals surface area contributed by atoms with Gasteiger partial charge in [0.1, 0.15) is 10.1 Å². The number of rotatable bonds is 7. The van der Waals surface area contributed by atoms with Crippen LogP contribution < -0.4 is 5.32 Å². The molecule has 2 heterocycles. The van der Waals surface area contributed by atoms with Crippen molar-refractivity contribution in [2.45, 2.75) is 18.7 Å². The number of ether oxygens (including phenoxy) is 1. The Balaban J connectivity index is 1.52. The molecule has 0 spiro atoms. The number of hydrogen-bond acceptors (Lipinski definition) is 7. The summed E-state index contributed by atoms with van der Waals surface area (Å²) < 4.78 is 11.5. The van der Waals surface area contributed by atoms with Gasteiger partial charge >= 0.3 is 5.97 Å². The number of aliphatic imine (C=N–C) groups is 1. The van der Waals surface area contributed by atoms with Crippen molar-refractivity contribution in [1.29, 1.82) is 0 Å². The smallest absolute Gasteiger partial charge is 0.338 e. The van der Waals surface area contributed by atoms with E-state index in [4.69, 9.17) is 9.15 Å². The molecule has 1 atom stereocenters. The average molecular weight is 405 g/mol. The molecular weight excluding hydrogens is 384 g/mol. The van der Waals surface area contributed by atoms with Crippen LogP contribution in [0.15, 0.2) is 52.1 Å². The zero-order valence-corrected chi connectivity index (χ0v) is 16.5. The first-order valence-corrected chi connectivity index (χ1v) is 10.5. The Kier molecular flexibility index (Phi) is 7.00. The molecule has 1 aliphatic heterocycles. The van der Waals surface area contributed by atoms with Gasteiger partial charge in [-0.2, -0.15) is 0 Å². The van der Waals surface area contributed by atoms with E-state index in [0.29, 0.717) is 17.1 Å². The van der Waals surface area contributed by atoms with Crippen LogP contribution in [0.2, 0.25) is 0 Å². The molecule has 0 saturated carbocycles. The van der Waals surface area contributed by atoms with Crippen LogP contribution in [0.3, 0.4) is 0 Å². The number of benzene rings is 1. The lowest BCUT2D eigenvalue weighted by Gasteiger charge is -2.12. The predicted molar refractivity (Wildman–Crippen MR) is 108 cm³/mol. The van der Waals surface area contributed by atoms with Crippen LogP contribution in [-0.2, 0) is 15.3 Å². The Morgan fingerprint density at radius 2 is 2.19 bits per heavy atom. The van der Waals surface area contributed by atoms with Crippen molar-refractivity contribution < 1.29 is 18.7 Å². The fraction of sp³-hybridized carbons (Fsp3) is 0.316. The molecule has 1 amide bonds. The Morgan fingerprint density at radius 1 is 1.33 bits per heavy atom. The lowest BCUT2D eigenvalue weighted by Crippen LogP contribution is -2.31. The minimum absolute atomic E-state index is 0.292. The quantitative estimate of drug-likeness (QED) is 0.710. The third-order valence-corrected chi connectivity index (χ3v) is 6.13. The first kappa shape index (κ1) is 19.6. The fourth-order valence-electron chi connectivity index (χ4n) is 2.49. The van der Waals surface area contributed by atoms with Crippen molar-refractivity contribution in [2.24, 2.45) is 4.99 Å². The third-order valence-electron chi connectivity index (χ3n) is 3.83. The number of carbonyl (C=O) groups excluding carboxylic acids is 2. The van der Waals surface area contributed by atoms with Crippen molar-refractivity contribution in [3.8, 4) is 0 Å². The van der Waals surface area contributed by atoms with Gasteiger partial charge in [0.15, 0.2) is 6.61 Å². The number of nitrogens with zero attached hydrogens (tertiary/aromatic N) is 1. The van der Waals surface area contributed by atoms with Gasteiger partial charge in [-0.25, -0.2) is 4.79 Å². The molecule has 2 aromatic rings. The second-order valence-electron chi connectivity index (χ2n) is 5.82. The number of amides is 1. The summed E-state index contributed by atoms with van der Waals surface area (Å²) in [7, 11) is 0. The molecule has 0 aliphatic carbocycles. The van der Waals surface area contributed by atoms with Gasteiger partial charge < -0.3 is 14.5 Å². The highest BCUT2D eigenvalue weighted by Gasteiger charge is 2.17. The molecule has 0 saturated heterocycles. The van der Waals surface area contributed by atoms with E-state index < -0.39 is 5.97 Å². The van der Waals surface area contributed by atoms with Crippen molar-refractivity contribution in [3.63, 3.8) is 0 Å². The fourth-order valence-corrected chi connectivity index (χ4v) is 4.50. The van der Waals surface area contributed by atoms with Gasteiger partial charge in [0.2, 0.25) is 0 Å². The summed E-state index contributed by atoms with van der Waals surface area (Å²) in [4.78, 5) is 28.8. The number of esters is 1. The summed E-state index contributed by atoms with van der Waals surface area (Å²) in [5.74, 6) is 1.41. The van der Waals surface area contributed by atoms with Gasteiger partial charge in [0.05, 0.1) is 24.4 Å². The Morgan fingerprint density at radius 3 is 2.93 bits per heavy atom. The molecule has 0 radical (unpaired) electrons. The first-order chi connectivity index (χ1) is 13.1. The molecule has 0 bridgehead atoms. The zero-order chi connectivity index (χ0) is 19.1. The number of carbonyl (C=O) groups is 2. The molecular formula is C19H20N2O4S2. The minimum atomic E-state index is -0.506. The highest BCUT2D eigenvalue weighted by molar-refractivity contribution is 8.38. The lowest BCUT2D eigenvalue weighted by atomic mass is 10.1. The Bertz CT molecular complexity index is 821. The summed E-state index contributed by atoms with van der Waals surface area (Å²) in [6, 6.07) is 10.5. The second-order valence-corrected chi connectivity index (χ2v) is 8.13. The molecule has 142 valence electrons. The van der Waals surface area contributed by atoms with Crippen molar-refractivity contribution in [2.75, 3.05) is 18.9 Å². The summed E-state index contributed by atoms with van der Waals surface area (Å²) in [6.45, 7) is 2.31. The van der Waals surface area contributed by atoms with Crippen LogP contribution in [0.25, 0.3) is 0 Å². The third kappa shape index (κ3) is 5.64. The number of hydrogen-bond donors (Lipinski definition) is 1. The number of furan rings is 1. The highest BCUT2D eigenvalue weighted by Crippen LogP contribution is 2.26. The van der Waals surface area contributed by atoms with Gasteiger partial charge in [0.25, 0.3) is 5.91 Å². The van der Waals surface area contributed by atoms with E-state index in [-0.39, 0.29) is 18.6 Å². The maximum Gasteiger partial charge on any atom is 0.338 e. The molecule has 1 N–H and O–H groups in total. The van der Waals surface area contributed by atoms with Crippen LogP contribution in [0.4, 0.5) is 0 Å². The van der Waals surface area contributed by atoms with Crippen LogP contribution in [0.1, 0.15) is 34.6 Å². The topological polar surface area (TPSA) is 80.9 Å². The summed E-state index contributed by atoms with van der Waals surface area (Å²) in [5, 5.41) is 2.73. The van der Waals surface area contributed by atoms with E-state index in [0.717, 1.165) is 22.2 Å². The minimum Gasteiger partial charge on any atom is -0.467 e. The molecule has 0 unspecified atom stereocenters. The van der Waals surface area contributed by atoms with E-state index in [1.54, 1.807) is 61.0 Å². The van der Waals surface area contributed by atoms with Crippen molar-refractivity contribution in [3.05, 3.63) is 59.5 Å². The largest absolute Gasteiger partial charge is 0.467 e. The highest BCUT2D eigenvalue weighted by atomic mass is 32.2. The summed E-state index contributed by atoms with van der Waals surface area (Å²) in [5.41, 5.74) is 1.34. The maximum absolute atomic E-state index is 12.4. The van der Waals surface area contributed by atoms with E-state index in [2.05, 4.69) is 10.3 Å². The van der Waals surface area contributed by atoms with E-state index in [1.807, 2.05) is 12.1 Å². The molecule has 6 nitrogen and oxygen atoms in total. The van der Waals surface area contributed by atoms with Crippen molar-refractivity contribution >= 4 is 39.8 Å². The van der Waals surface area contributed by atoms with Gasteiger partial charge in [-0.1, -0.05) is 41.7 Å². The average Bonchev–Trinajstić information content (AvgIpc) is 3.38. The van der Waals surface area contributed by atoms with E-state index >= 15 is 0 Å². The molecule has 0 fully saturated rings. The predicted octanol–water partition coefficient (Wildman–Crippen LogP) is 3.65. The van der Waals surface area contributed by atoms with Crippen LogP contribution >= 0.6 is 23.5 Å². The first-order valence-electron chi connectivity index (χ1n) is 8.51. The lowest BCUT2D eigenvalue weighted by molar-refractivity contribution is -0.125. The van der Waals surface area contributed by atoms with E-state index in [1.165, 1.54) is 0 Å². The van der Waals surface area contributed by atoms with Gasteiger partial charge in [0, 0.05) is 11.5 Å². The molecule has 3 rings (SSSR count). The molecule has 1 aromatic heterocycles. The summed E-state index contributed by atoms with van der Waals surface area (Å²) in [6.07, 6.45) is 1.54. The number of thioether (sulfide) groups is 2. The Labute approximate surface area is 166 Å². The van der Waals surface area contributed by atoms with E-state index in [9.17, 15) is 9.59 Å². The van der Waals surface area contributed by atoms with Gasteiger partial charge in [-0.05, 0) is 30.7 Å². The normalized spacial score (nSPS) is 14.5. The molecule has 27 heavy (non-hydrogen) atoms. The molecule has 1 aromatic carbocycles. The van der Waals surface area contributed by atoms with Crippen LogP contribution in [0, 0.1) is 0 Å². The SMILES string of the molecule is C[C@H](NC(=O)COC(=O)c1ccccc1CSC1=NCCS1)c1ccco1. The van der Waals surface area contributed by atoms with Gasteiger partial charge in [-0.3, -0.25) is 9.79 Å². The zero-order valence-electron chi connectivity index (χ0n) is 14.8.